The van der Waals surface area contributed by atoms with Crippen molar-refractivity contribution in [3.8, 4) is 0 Å². The fraction of sp³-hybridized carbons (Fsp3) is 0.167. The summed E-state index contributed by atoms with van der Waals surface area (Å²) in [6.45, 7) is -0.405. The Bertz CT molecular complexity index is 403. The zero-order chi connectivity index (χ0) is 12.0. The van der Waals surface area contributed by atoms with Crippen molar-refractivity contribution < 1.29 is 66.1 Å². The Morgan fingerprint density at radius 3 is 2.41 bits per heavy atom. The first-order chi connectivity index (χ1) is 7.59. The first kappa shape index (κ1) is 16.5. The first-order valence-electron chi connectivity index (χ1n) is 4.77. The van der Waals surface area contributed by atoms with Gasteiger partial charge in [-0.15, -0.1) is 0 Å². The van der Waals surface area contributed by atoms with Gasteiger partial charge in [-0.25, -0.2) is 0 Å². The number of rotatable bonds is 4. The van der Waals surface area contributed by atoms with Gasteiger partial charge in [0.2, 0.25) is 5.91 Å². The van der Waals surface area contributed by atoms with Crippen molar-refractivity contribution in [2.75, 3.05) is 13.6 Å². The number of carboxylic acid groups (broad SMARTS) is 1. The van der Waals surface area contributed by atoms with Gasteiger partial charge in [0.1, 0.15) is 0 Å². The van der Waals surface area contributed by atoms with E-state index in [2.05, 4.69) is 0 Å². The van der Waals surface area contributed by atoms with E-state index in [1.165, 1.54) is 13.1 Å². The summed E-state index contributed by atoms with van der Waals surface area (Å²) in [4.78, 5) is 22.7. The first-order valence-corrected chi connectivity index (χ1v) is 4.77. The number of amides is 1. The molecule has 84 valence electrons. The van der Waals surface area contributed by atoms with Crippen molar-refractivity contribution in [3.63, 3.8) is 0 Å². The monoisotopic (exact) mass is 257 g/mol. The topological polar surface area (TPSA) is 60.4 Å². The molecule has 1 aromatic rings. The predicted molar refractivity (Wildman–Crippen MR) is 58.1 cm³/mol. The Kier molecular flexibility index (Phi) is 8.37. The van der Waals surface area contributed by atoms with Crippen molar-refractivity contribution in [1.82, 2.24) is 4.90 Å². The third-order valence-electron chi connectivity index (χ3n) is 1.96. The van der Waals surface area contributed by atoms with E-state index in [0.29, 0.717) is 0 Å². The molecule has 0 spiro atoms. The smallest absolute Gasteiger partial charge is 0.548 e. The number of hydrogen-bond donors (Lipinski definition) is 0. The summed E-state index contributed by atoms with van der Waals surface area (Å²) in [7, 11) is 1.41. The minimum atomic E-state index is -1.27. The van der Waals surface area contributed by atoms with Crippen molar-refractivity contribution >= 4 is 18.0 Å². The molecule has 0 unspecified atom stereocenters. The molecule has 0 bridgehead atoms. The Hall–Kier alpha value is -0.464. The molecule has 0 aliphatic heterocycles. The van der Waals surface area contributed by atoms with Crippen molar-refractivity contribution in [1.29, 1.82) is 0 Å². The standard InChI is InChI=1S/C12H13NO3.K/c1-13(9-12(15)16)11(14)8-7-10-5-3-2-4-6-10;/h2-8H,9H2,1H3,(H,15,16);/q;+1/p-1. The molecule has 17 heavy (non-hydrogen) atoms. The van der Waals surface area contributed by atoms with Gasteiger partial charge in [-0.3, -0.25) is 4.79 Å². The molecule has 1 aromatic carbocycles. The molecule has 0 saturated heterocycles. The van der Waals surface area contributed by atoms with Crippen LogP contribution in [0.5, 0.6) is 0 Å². The third kappa shape index (κ3) is 6.75. The number of carbonyl (C=O) groups excluding carboxylic acids is 2. The van der Waals surface area contributed by atoms with Crippen LogP contribution in [0, 0.1) is 0 Å². The third-order valence-corrected chi connectivity index (χ3v) is 1.96. The van der Waals surface area contributed by atoms with Gasteiger partial charge in [0.15, 0.2) is 0 Å². The van der Waals surface area contributed by atoms with Gasteiger partial charge in [0, 0.05) is 13.1 Å². The summed E-state index contributed by atoms with van der Waals surface area (Å²) in [6.07, 6.45) is 2.96. The molecule has 1 rings (SSSR count). The van der Waals surface area contributed by atoms with E-state index < -0.39 is 12.5 Å². The number of aliphatic carboxylic acids is 1. The number of likely N-dealkylation sites (N-methyl/N-ethyl adjacent to an activating group) is 1. The van der Waals surface area contributed by atoms with Gasteiger partial charge in [-0.2, -0.15) is 0 Å². The van der Waals surface area contributed by atoms with Gasteiger partial charge < -0.3 is 14.8 Å². The van der Waals surface area contributed by atoms with Crippen LogP contribution in [0.1, 0.15) is 5.56 Å². The minimum Gasteiger partial charge on any atom is -0.548 e. The van der Waals surface area contributed by atoms with Gasteiger partial charge in [-0.1, -0.05) is 30.3 Å². The SMILES string of the molecule is CN(CC(=O)[O-])C(=O)C=Cc1ccccc1.[K+]. The van der Waals surface area contributed by atoms with Crippen LogP contribution < -0.4 is 56.5 Å². The van der Waals surface area contributed by atoms with Gasteiger partial charge >= 0.3 is 51.4 Å². The summed E-state index contributed by atoms with van der Waals surface area (Å²) >= 11 is 0. The van der Waals surface area contributed by atoms with Crippen LogP contribution in [-0.2, 0) is 9.59 Å². The summed E-state index contributed by atoms with van der Waals surface area (Å²) in [5, 5.41) is 10.3. The molecule has 0 aliphatic rings. The molecule has 0 radical (unpaired) electrons. The summed E-state index contributed by atoms with van der Waals surface area (Å²) in [5.74, 6) is -1.64. The number of nitrogens with zero attached hydrogens (tertiary/aromatic N) is 1. The Morgan fingerprint density at radius 2 is 1.88 bits per heavy atom. The quantitative estimate of drug-likeness (QED) is 0.424. The van der Waals surface area contributed by atoms with E-state index in [1.807, 2.05) is 30.3 Å². The second-order valence-electron chi connectivity index (χ2n) is 3.31. The maximum Gasteiger partial charge on any atom is 1.00 e. The van der Waals surface area contributed by atoms with E-state index in [1.54, 1.807) is 6.08 Å². The number of benzene rings is 1. The number of carbonyl (C=O) groups is 2. The molecule has 4 nitrogen and oxygen atoms in total. The van der Waals surface area contributed by atoms with Crippen molar-refractivity contribution in [2.45, 2.75) is 0 Å². The van der Waals surface area contributed by atoms with E-state index in [0.717, 1.165) is 10.5 Å². The van der Waals surface area contributed by atoms with Crippen LogP contribution >= 0.6 is 0 Å². The average molecular weight is 257 g/mol. The van der Waals surface area contributed by atoms with Gasteiger partial charge in [0.05, 0.1) is 12.5 Å². The second-order valence-corrected chi connectivity index (χ2v) is 3.31. The summed E-state index contributed by atoms with van der Waals surface area (Å²) < 4.78 is 0. The molecule has 0 aromatic heterocycles. The van der Waals surface area contributed by atoms with Crippen molar-refractivity contribution in [3.05, 3.63) is 42.0 Å². The molecule has 1 amide bonds. The fourth-order valence-electron chi connectivity index (χ4n) is 1.13. The molecule has 0 heterocycles. The van der Waals surface area contributed by atoms with Crippen LogP contribution in [-0.4, -0.2) is 30.4 Å². The Labute approximate surface area is 143 Å². The van der Waals surface area contributed by atoms with Crippen LogP contribution in [0.15, 0.2) is 36.4 Å². The maximum atomic E-state index is 11.4. The molecule has 0 saturated carbocycles. The normalized spacial score (nSPS) is 9.71. The minimum absolute atomic E-state index is 0. The van der Waals surface area contributed by atoms with Gasteiger partial charge in [-0.05, 0) is 11.6 Å². The number of carboxylic acids is 1. The molecule has 0 N–H and O–H groups in total. The Balaban J connectivity index is 0.00000256. The zero-order valence-electron chi connectivity index (χ0n) is 9.92. The maximum absolute atomic E-state index is 11.4. The van der Waals surface area contributed by atoms with Crippen LogP contribution in [0.25, 0.3) is 6.08 Å². The molecule has 5 heteroatoms. The van der Waals surface area contributed by atoms with E-state index in [4.69, 9.17) is 0 Å². The number of hydrogen-bond acceptors (Lipinski definition) is 3. The van der Waals surface area contributed by atoms with Gasteiger partial charge in [0.25, 0.3) is 0 Å². The van der Waals surface area contributed by atoms with E-state index in [9.17, 15) is 14.7 Å². The fourth-order valence-corrected chi connectivity index (χ4v) is 1.13. The molecule has 0 atom stereocenters. The van der Waals surface area contributed by atoms with Crippen LogP contribution in [0.3, 0.4) is 0 Å². The van der Waals surface area contributed by atoms with Crippen LogP contribution in [0.4, 0.5) is 0 Å². The van der Waals surface area contributed by atoms with Crippen molar-refractivity contribution in [2.24, 2.45) is 0 Å². The van der Waals surface area contributed by atoms with E-state index in [-0.39, 0.29) is 57.3 Å². The van der Waals surface area contributed by atoms with E-state index >= 15 is 0 Å². The summed E-state index contributed by atoms with van der Waals surface area (Å²) in [5.41, 5.74) is 0.887. The predicted octanol–water partition coefficient (Wildman–Crippen LogP) is -3.09. The molecule has 0 aliphatic carbocycles. The summed E-state index contributed by atoms with van der Waals surface area (Å²) in [6, 6.07) is 9.29. The van der Waals surface area contributed by atoms with Crippen LogP contribution in [0.2, 0.25) is 0 Å². The Morgan fingerprint density at radius 1 is 1.29 bits per heavy atom. The average Bonchev–Trinajstić information content (AvgIpc) is 2.26. The zero-order valence-corrected chi connectivity index (χ0v) is 13.0. The largest absolute Gasteiger partial charge is 1.00 e. The molecular weight excluding hydrogens is 245 g/mol. The second kappa shape index (κ2) is 8.60. The molecule has 0 fully saturated rings. The molecular formula is C12H12KNO3.